The first-order valence-corrected chi connectivity index (χ1v) is 10.0. The minimum Gasteiger partial charge on any atom is -0.342 e. The number of hydrogen-bond acceptors (Lipinski definition) is 4. The number of aromatic nitrogens is 2. The Morgan fingerprint density at radius 2 is 1.46 bits per heavy atom. The van der Waals surface area contributed by atoms with Gasteiger partial charge in [-0.2, -0.15) is 0 Å². The van der Waals surface area contributed by atoms with Gasteiger partial charge in [0.15, 0.2) is 0 Å². The minimum atomic E-state index is 0.917. The lowest BCUT2D eigenvalue weighted by Gasteiger charge is -2.32. The summed E-state index contributed by atoms with van der Waals surface area (Å²) in [5.41, 5.74) is 7.23. The van der Waals surface area contributed by atoms with Crippen molar-refractivity contribution in [3.8, 4) is 17.1 Å². The normalized spacial score (nSPS) is 17.0. The first-order chi connectivity index (χ1) is 13.6. The number of fused-ring (bicyclic) bond motifs is 5. The van der Waals surface area contributed by atoms with Gasteiger partial charge in [-0.05, 0) is 38.2 Å². The van der Waals surface area contributed by atoms with E-state index in [9.17, 15) is 0 Å². The summed E-state index contributed by atoms with van der Waals surface area (Å²) in [7, 11) is 4.34. The van der Waals surface area contributed by atoms with E-state index in [2.05, 4.69) is 88.8 Å². The zero-order valence-corrected chi connectivity index (χ0v) is 16.9. The fourth-order valence-electron chi connectivity index (χ4n) is 4.41. The third-order valence-electron chi connectivity index (χ3n) is 6.17. The molecule has 2 aliphatic rings. The molecule has 0 radical (unpaired) electrons. The molecular formula is C23H27N5. The van der Waals surface area contributed by atoms with Crippen LogP contribution in [-0.2, 0) is 6.54 Å². The molecule has 3 heterocycles. The van der Waals surface area contributed by atoms with Gasteiger partial charge in [-0.1, -0.05) is 24.3 Å². The lowest BCUT2D eigenvalue weighted by Crippen LogP contribution is -2.44. The SMILES string of the molecule is Cc1c(CN2CCN(C)CC2)nc2n1-c1ccccc1N(C)c1ccccc1-2. The molecule has 0 aliphatic carbocycles. The van der Waals surface area contributed by atoms with Gasteiger partial charge in [-0.25, -0.2) is 4.98 Å². The van der Waals surface area contributed by atoms with E-state index in [1.165, 1.54) is 34.0 Å². The summed E-state index contributed by atoms with van der Waals surface area (Å²) in [6, 6.07) is 17.2. The number of rotatable bonds is 2. The van der Waals surface area contributed by atoms with Crippen molar-refractivity contribution in [1.29, 1.82) is 0 Å². The molecule has 0 bridgehead atoms. The molecule has 5 rings (SSSR count). The third kappa shape index (κ3) is 2.74. The van der Waals surface area contributed by atoms with E-state index in [0.29, 0.717) is 0 Å². The van der Waals surface area contributed by atoms with Crippen LogP contribution in [0.15, 0.2) is 48.5 Å². The number of nitrogens with zero attached hydrogens (tertiary/aromatic N) is 5. The lowest BCUT2D eigenvalue weighted by molar-refractivity contribution is 0.147. The maximum Gasteiger partial charge on any atom is 0.147 e. The first kappa shape index (κ1) is 17.5. The number of piperazine rings is 1. The molecule has 0 atom stereocenters. The quantitative estimate of drug-likeness (QED) is 0.685. The van der Waals surface area contributed by atoms with Crippen molar-refractivity contribution in [2.75, 3.05) is 45.2 Å². The summed E-state index contributed by atoms with van der Waals surface area (Å²) < 4.78 is 2.35. The molecule has 3 aromatic rings. The molecule has 5 heteroatoms. The van der Waals surface area contributed by atoms with E-state index >= 15 is 0 Å². The number of likely N-dealkylation sites (N-methyl/N-ethyl adjacent to an activating group) is 1. The van der Waals surface area contributed by atoms with Gasteiger partial charge < -0.3 is 9.80 Å². The highest BCUT2D eigenvalue weighted by Crippen LogP contribution is 2.42. The molecule has 0 spiro atoms. The average molecular weight is 374 g/mol. The van der Waals surface area contributed by atoms with E-state index < -0.39 is 0 Å². The zero-order chi connectivity index (χ0) is 19.3. The zero-order valence-electron chi connectivity index (χ0n) is 16.9. The first-order valence-electron chi connectivity index (χ1n) is 10.0. The van der Waals surface area contributed by atoms with E-state index in [-0.39, 0.29) is 0 Å². The number of anilines is 2. The molecular weight excluding hydrogens is 346 g/mol. The number of imidazole rings is 1. The largest absolute Gasteiger partial charge is 0.342 e. The monoisotopic (exact) mass is 373 g/mol. The predicted molar refractivity (Wildman–Crippen MR) is 115 cm³/mol. The van der Waals surface area contributed by atoms with Gasteiger partial charge in [-0.3, -0.25) is 9.47 Å². The van der Waals surface area contributed by atoms with E-state index in [1.807, 2.05) is 0 Å². The van der Waals surface area contributed by atoms with Gasteiger partial charge in [0.05, 0.1) is 22.8 Å². The Balaban J connectivity index is 1.65. The summed E-state index contributed by atoms with van der Waals surface area (Å²) in [6.07, 6.45) is 0. The molecule has 28 heavy (non-hydrogen) atoms. The van der Waals surface area contributed by atoms with Crippen LogP contribution in [0.3, 0.4) is 0 Å². The van der Waals surface area contributed by atoms with Gasteiger partial charge in [0.25, 0.3) is 0 Å². The van der Waals surface area contributed by atoms with Crippen LogP contribution in [0.5, 0.6) is 0 Å². The van der Waals surface area contributed by atoms with Crippen molar-refractivity contribution in [3.05, 3.63) is 59.9 Å². The van der Waals surface area contributed by atoms with Gasteiger partial charge in [0, 0.05) is 51.0 Å². The van der Waals surface area contributed by atoms with Crippen LogP contribution in [-0.4, -0.2) is 59.6 Å². The van der Waals surface area contributed by atoms with Crippen molar-refractivity contribution >= 4 is 11.4 Å². The van der Waals surface area contributed by atoms with Gasteiger partial charge in [-0.15, -0.1) is 0 Å². The number of para-hydroxylation sites is 3. The Morgan fingerprint density at radius 3 is 2.21 bits per heavy atom. The van der Waals surface area contributed by atoms with E-state index in [4.69, 9.17) is 4.98 Å². The summed E-state index contributed by atoms with van der Waals surface area (Å²) in [6.45, 7) is 7.60. The highest BCUT2D eigenvalue weighted by molar-refractivity contribution is 5.86. The average Bonchev–Trinajstić information content (AvgIpc) is 3.00. The van der Waals surface area contributed by atoms with Crippen molar-refractivity contribution < 1.29 is 0 Å². The van der Waals surface area contributed by atoms with Crippen molar-refractivity contribution in [2.24, 2.45) is 0 Å². The van der Waals surface area contributed by atoms with E-state index in [1.54, 1.807) is 0 Å². The van der Waals surface area contributed by atoms with Crippen LogP contribution in [0.1, 0.15) is 11.4 Å². The van der Waals surface area contributed by atoms with Gasteiger partial charge in [0.1, 0.15) is 5.82 Å². The second kappa shape index (κ2) is 6.76. The maximum atomic E-state index is 5.18. The topological polar surface area (TPSA) is 27.5 Å². The summed E-state index contributed by atoms with van der Waals surface area (Å²) >= 11 is 0. The Kier molecular flexibility index (Phi) is 4.22. The third-order valence-corrected chi connectivity index (χ3v) is 6.17. The fourth-order valence-corrected chi connectivity index (χ4v) is 4.41. The predicted octanol–water partition coefficient (Wildman–Crippen LogP) is 3.68. The highest BCUT2D eigenvalue weighted by Gasteiger charge is 2.27. The minimum absolute atomic E-state index is 0.917. The molecule has 5 nitrogen and oxygen atoms in total. The Hall–Kier alpha value is -2.63. The Bertz CT molecular complexity index is 1010. The molecule has 2 aromatic carbocycles. The van der Waals surface area contributed by atoms with Crippen LogP contribution < -0.4 is 4.90 Å². The highest BCUT2D eigenvalue weighted by atomic mass is 15.3. The fraction of sp³-hybridized carbons (Fsp3) is 0.348. The second-order valence-corrected chi connectivity index (χ2v) is 7.95. The summed E-state index contributed by atoms with van der Waals surface area (Å²) in [4.78, 5) is 12.4. The Labute approximate surface area is 166 Å². The van der Waals surface area contributed by atoms with Crippen molar-refractivity contribution in [3.63, 3.8) is 0 Å². The van der Waals surface area contributed by atoms with Crippen molar-refractivity contribution in [1.82, 2.24) is 19.4 Å². The molecule has 1 saturated heterocycles. The van der Waals surface area contributed by atoms with Crippen LogP contribution in [0.2, 0.25) is 0 Å². The van der Waals surface area contributed by atoms with Gasteiger partial charge >= 0.3 is 0 Å². The van der Waals surface area contributed by atoms with Crippen LogP contribution in [0.4, 0.5) is 11.4 Å². The second-order valence-electron chi connectivity index (χ2n) is 7.95. The van der Waals surface area contributed by atoms with Crippen molar-refractivity contribution in [2.45, 2.75) is 13.5 Å². The van der Waals surface area contributed by atoms with E-state index in [0.717, 1.165) is 38.5 Å². The molecule has 0 N–H and O–H groups in total. The maximum absolute atomic E-state index is 5.18. The lowest BCUT2D eigenvalue weighted by atomic mass is 10.1. The molecule has 2 aliphatic heterocycles. The summed E-state index contributed by atoms with van der Waals surface area (Å²) in [5, 5.41) is 0. The summed E-state index contributed by atoms with van der Waals surface area (Å²) in [5.74, 6) is 1.05. The number of benzene rings is 2. The molecule has 1 aromatic heterocycles. The molecule has 0 amide bonds. The van der Waals surface area contributed by atoms with Crippen LogP contribution in [0, 0.1) is 6.92 Å². The van der Waals surface area contributed by atoms with Crippen LogP contribution >= 0.6 is 0 Å². The molecule has 0 saturated carbocycles. The number of hydrogen-bond donors (Lipinski definition) is 0. The smallest absolute Gasteiger partial charge is 0.147 e. The molecule has 144 valence electrons. The Morgan fingerprint density at radius 1 is 0.821 bits per heavy atom. The van der Waals surface area contributed by atoms with Gasteiger partial charge in [0.2, 0.25) is 0 Å². The molecule has 0 unspecified atom stereocenters. The standard InChI is InChI=1S/C23H27N5/c1-17-19(16-27-14-12-25(2)13-15-27)24-23-18-8-4-5-9-20(18)26(3)21-10-6-7-11-22(21)28(17)23/h4-11H,12-16H2,1-3H3. The van der Waals surface area contributed by atoms with Crippen LogP contribution in [0.25, 0.3) is 17.1 Å². The molecule has 1 fully saturated rings.